The largest absolute Gasteiger partial charge is 0.358 e. The van der Waals surface area contributed by atoms with Gasteiger partial charge in [0.15, 0.2) is 0 Å². The fraction of sp³-hybridized carbons (Fsp3) is 0.278. The molecule has 3 rings (SSSR count). The summed E-state index contributed by atoms with van der Waals surface area (Å²) in [5.41, 5.74) is 11.6. The molecule has 0 aliphatic heterocycles. The number of hydrogen-bond donors (Lipinski definition) is 0. The molecule has 0 aromatic heterocycles. The van der Waals surface area contributed by atoms with Crippen LogP contribution in [0.4, 0.5) is 0 Å². The Labute approximate surface area is 1050 Å². The van der Waals surface area contributed by atoms with E-state index < -0.39 is 0 Å². The standard InChI is InChI=1S/C17H18.CH3.30Y/c1-10-5-6-14-9-15-7-11(2)12(3)8-16(15)17(14)13(10)4;;;;;;;;;;;;;;;;;;;;;;;;;;;;;;;/h5-8H,9H2,1-4H3;1H3;;;;;;;;;;;;;;;;;;;;;;;;;;;;;;/q;-1;;;;;;;;;;;;;;;;;;;;;;;;;;;;;;. The van der Waals surface area contributed by atoms with Crippen molar-refractivity contribution in [1.29, 1.82) is 0 Å². The molecule has 0 saturated carbocycles. The minimum absolute atomic E-state index is 0. The molecule has 48 heavy (non-hydrogen) atoms. The van der Waals surface area contributed by atoms with Crippen molar-refractivity contribution in [2.75, 3.05) is 0 Å². The van der Waals surface area contributed by atoms with E-state index in [-0.39, 0.29) is 989 Å². The molecule has 2 aromatic carbocycles. The molecule has 30 heteroatoms. The fourth-order valence-electron chi connectivity index (χ4n) is 2.85. The molecule has 0 bridgehead atoms. The van der Waals surface area contributed by atoms with E-state index in [9.17, 15) is 0 Å². The van der Waals surface area contributed by atoms with Gasteiger partial charge < -0.3 is 7.43 Å². The number of benzene rings is 2. The van der Waals surface area contributed by atoms with Gasteiger partial charge in [-0.05, 0) is 78.6 Å². The topological polar surface area (TPSA) is 0 Å². The Morgan fingerprint density at radius 2 is 0.562 bits per heavy atom. The molecular weight excluding hydrogens is 2880 g/mol. The molecule has 0 nitrogen and oxygen atoms in total. The van der Waals surface area contributed by atoms with Crippen LogP contribution in [0.3, 0.4) is 0 Å². The molecule has 30 radical (unpaired) electrons. The Hall–Kier alpha value is 31.6. The van der Waals surface area contributed by atoms with Gasteiger partial charge in [-0.25, -0.2) is 0 Å². The van der Waals surface area contributed by atoms with E-state index in [2.05, 4.69) is 52.0 Å². The summed E-state index contributed by atoms with van der Waals surface area (Å²) in [4.78, 5) is 0. The first-order valence-electron chi connectivity index (χ1n) is 6.27. The average Bonchev–Trinajstić information content (AvgIpc) is 2.63. The maximum atomic E-state index is 2.36. The molecule has 0 saturated heterocycles. The Morgan fingerprint density at radius 3 is 0.833 bits per heavy atom. The smallest absolute Gasteiger partial charge is 0 e. The van der Waals surface area contributed by atoms with E-state index in [1.54, 1.807) is 0 Å². The summed E-state index contributed by atoms with van der Waals surface area (Å²) < 4.78 is 0. The minimum Gasteiger partial charge on any atom is -0.358 e. The van der Waals surface area contributed by atoms with Crippen molar-refractivity contribution >= 4 is 0 Å². The third-order valence-corrected chi connectivity index (χ3v) is 4.19. The van der Waals surface area contributed by atoms with Crippen molar-refractivity contribution in [2.24, 2.45) is 0 Å². The van der Waals surface area contributed by atoms with Crippen molar-refractivity contribution in [3.05, 3.63) is 65.1 Å². The molecule has 0 atom stereocenters. The molecule has 1 aliphatic rings. The zero-order valence-corrected chi connectivity index (χ0v) is 114. The summed E-state index contributed by atoms with van der Waals surface area (Å²) in [6, 6.07) is 9.27. The van der Waals surface area contributed by atoms with Crippen molar-refractivity contribution in [1.82, 2.24) is 0 Å². The monoisotopic (exact) mass is 2900 g/mol. The summed E-state index contributed by atoms with van der Waals surface area (Å²) in [5, 5.41) is 0. The van der Waals surface area contributed by atoms with Crippen LogP contribution in [0, 0.1) is 35.1 Å². The summed E-state index contributed by atoms with van der Waals surface area (Å²) >= 11 is 0. The zero-order valence-electron chi connectivity index (χ0n) is 29.3. The van der Waals surface area contributed by atoms with Crippen LogP contribution < -0.4 is 0 Å². The summed E-state index contributed by atoms with van der Waals surface area (Å²) in [5.74, 6) is 0. The van der Waals surface area contributed by atoms with Crippen LogP contribution in [0.2, 0.25) is 0 Å². The normalized spacial score (nSPS) is 4.42. The molecule has 184 valence electrons. The molecule has 0 fully saturated rings. The second kappa shape index (κ2) is 129. The molecule has 0 amide bonds. The third-order valence-electron chi connectivity index (χ3n) is 4.19. The van der Waals surface area contributed by atoms with Gasteiger partial charge in [-0.3, -0.25) is 0 Å². The van der Waals surface area contributed by atoms with Crippen LogP contribution in [0.15, 0.2) is 24.3 Å². The maximum absolute atomic E-state index is 2.36. The Kier molecular flexibility index (Phi) is 516. The molecule has 1 aliphatic carbocycles. The minimum atomic E-state index is 0. The van der Waals surface area contributed by atoms with Gasteiger partial charge in [0.25, 0.3) is 0 Å². The van der Waals surface area contributed by atoms with Crippen LogP contribution >= 0.6 is 0 Å². The van der Waals surface area contributed by atoms with Gasteiger partial charge in [0.2, 0.25) is 0 Å². The van der Waals surface area contributed by atoms with E-state index in [0.717, 1.165) is 6.42 Å². The molecule has 0 N–H and O–H groups in total. The van der Waals surface area contributed by atoms with E-state index >= 15 is 0 Å². The van der Waals surface area contributed by atoms with Gasteiger partial charge in [0, 0.05) is 981 Å². The van der Waals surface area contributed by atoms with Crippen molar-refractivity contribution < 1.29 is 981 Å². The molecule has 0 unspecified atom stereocenters. The molecule has 0 heterocycles. The molecule has 2 aromatic rings. The number of aryl methyl sites for hydroxylation is 3. The van der Waals surface area contributed by atoms with Crippen molar-refractivity contribution in [3.8, 4) is 11.1 Å². The van der Waals surface area contributed by atoms with Gasteiger partial charge in [-0.2, -0.15) is 0 Å². The quantitative estimate of drug-likeness (QED) is 0.283. The summed E-state index contributed by atoms with van der Waals surface area (Å²) in [6.45, 7) is 8.86. The predicted molar refractivity (Wildman–Crippen MR) is 80.0 cm³/mol. The zero-order chi connectivity index (χ0) is 12.2. The van der Waals surface area contributed by atoms with Crippen LogP contribution in [-0.2, 0) is 988 Å². The summed E-state index contributed by atoms with van der Waals surface area (Å²) in [7, 11) is 0. The van der Waals surface area contributed by atoms with Crippen LogP contribution in [0.25, 0.3) is 11.1 Å². The van der Waals surface area contributed by atoms with Gasteiger partial charge in [-0.1, -0.05) is 24.3 Å². The Bertz CT molecular complexity index is 664. The van der Waals surface area contributed by atoms with Gasteiger partial charge in [-0.15, -0.1) is 0 Å². The van der Waals surface area contributed by atoms with Crippen LogP contribution in [-0.4, -0.2) is 0 Å². The number of rotatable bonds is 0. The first-order valence-corrected chi connectivity index (χ1v) is 6.27. The number of hydrogen-bond acceptors (Lipinski definition) is 0. The number of fused-ring (bicyclic) bond motifs is 3. The average molecular weight is 2900 g/mol. The maximum Gasteiger partial charge on any atom is 0 e. The van der Waals surface area contributed by atoms with E-state index in [0.29, 0.717) is 0 Å². The van der Waals surface area contributed by atoms with E-state index in [1.807, 2.05) is 0 Å². The first-order chi connectivity index (χ1) is 8.08. The second-order valence-corrected chi connectivity index (χ2v) is 5.31. The third kappa shape index (κ3) is 86.3. The van der Waals surface area contributed by atoms with Gasteiger partial charge >= 0.3 is 0 Å². The first kappa shape index (κ1) is 192. The second-order valence-electron chi connectivity index (χ2n) is 5.31. The van der Waals surface area contributed by atoms with Crippen LogP contribution in [0.5, 0.6) is 0 Å². The Morgan fingerprint density at radius 1 is 0.312 bits per heavy atom. The van der Waals surface area contributed by atoms with Crippen LogP contribution in [0.1, 0.15) is 33.4 Å². The summed E-state index contributed by atoms with van der Waals surface area (Å²) in [6.07, 6.45) is 1.10. The van der Waals surface area contributed by atoms with E-state index in [1.165, 1.54) is 44.5 Å². The fourth-order valence-corrected chi connectivity index (χ4v) is 2.85. The molecule has 0 spiro atoms. The van der Waals surface area contributed by atoms with Gasteiger partial charge in [0.1, 0.15) is 0 Å². The Balaban J connectivity index is -0.00000000431. The van der Waals surface area contributed by atoms with Crippen molar-refractivity contribution in [3.63, 3.8) is 0 Å². The molecular formula is C18H21Y30-. The SMILES string of the molecule is Cc1cc2c(cc1C)-c1c(ccc(C)c1C)C2.[CH3-].[Y].[Y].[Y].[Y].[Y].[Y].[Y].[Y].[Y].[Y].[Y].[Y].[Y].[Y].[Y].[Y].[Y].[Y].[Y].[Y].[Y].[Y].[Y].[Y].[Y].[Y].[Y].[Y].[Y].[Y]. The van der Waals surface area contributed by atoms with E-state index in [4.69, 9.17) is 0 Å². The van der Waals surface area contributed by atoms with Gasteiger partial charge in [0.05, 0.1) is 0 Å². The van der Waals surface area contributed by atoms with Crippen molar-refractivity contribution in [2.45, 2.75) is 34.1 Å². The predicted octanol–water partition coefficient (Wildman–Crippen LogP) is 4.87.